The molecule has 0 spiro atoms. The van der Waals surface area contributed by atoms with Crippen molar-refractivity contribution in [2.75, 3.05) is 13.7 Å². The average Bonchev–Trinajstić information content (AvgIpc) is 3.49. The summed E-state index contributed by atoms with van der Waals surface area (Å²) >= 11 is 0. The van der Waals surface area contributed by atoms with Gasteiger partial charge >= 0.3 is 0 Å². The van der Waals surface area contributed by atoms with Crippen LogP contribution in [0.15, 0.2) is 48.5 Å². The van der Waals surface area contributed by atoms with Gasteiger partial charge in [-0.25, -0.2) is 0 Å². The van der Waals surface area contributed by atoms with E-state index in [1.54, 1.807) is 7.11 Å². The minimum atomic E-state index is 0.0629. The fourth-order valence-corrected chi connectivity index (χ4v) is 3.74. The second-order valence-corrected chi connectivity index (χ2v) is 7.63. The molecule has 5 heteroatoms. The Labute approximate surface area is 165 Å². The summed E-state index contributed by atoms with van der Waals surface area (Å²) in [5.41, 5.74) is 2.81. The van der Waals surface area contributed by atoms with Gasteiger partial charge in [0.1, 0.15) is 5.75 Å². The third-order valence-corrected chi connectivity index (χ3v) is 5.48. The lowest BCUT2D eigenvalue weighted by molar-refractivity contribution is -0.128. The molecule has 1 aliphatic heterocycles. The fourth-order valence-electron chi connectivity index (χ4n) is 3.74. The first kappa shape index (κ1) is 18.5. The van der Waals surface area contributed by atoms with Crippen LogP contribution in [0, 0.1) is 0 Å². The molecule has 0 radical (unpaired) electrons. The number of benzene rings is 2. The number of ether oxygens (including phenoxy) is 1. The molecule has 0 atom stereocenters. The molecule has 146 valence electrons. The molecule has 2 fully saturated rings. The molecule has 1 heterocycles. The number of amides is 2. The normalized spacial score (nSPS) is 16.3. The zero-order valence-corrected chi connectivity index (χ0v) is 16.3. The Kier molecular flexibility index (Phi) is 5.33. The van der Waals surface area contributed by atoms with Gasteiger partial charge in [0.25, 0.3) is 5.91 Å². The maximum Gasteiger partial charge on any atom is 0.254 e. The highest BCUT2D eigenvalue weighted by atomic mass is 16.5. The first-order valence-corrected chi connectivity index (χ1v) is 9.94. The zero-order valence-electron chi connectivity index (χ0n) is 16.3. The van der Waals surface area contributed by atoms with Crippen LogP contribution in [-0.2, 0) is 17.9 Å². The molecule has 2 aliphatic rings. The van der Waals surface area contributed by atoms with Crippen molar-refractivity contribution in [1.29, 1.82) is 0 Å². The number of nitrogens with zero attached hydrogens (tertiary/aromatic N) is 2. The number of carbonyl (C=O) groups is 2. The quantitative estimate of drug-likeness (QED) is 0.739. The Morgan fingerprint density at radius 2 is 1.93 bits per heavy atom. The predicted octanol–water partition coefficient (Wildman–Crippen LogP) is 3.62. The van der Waals surface area contributed by atoms with Crippen LogP contribution in [0.4, 0.5) is 0 Å². The SMILES string of the molecule is COc1ccc(CN(C(=O)c2cccc(CN3CCCC3=O)c2)C2CC2)cc1. The van der Waals surface area contributed by atoms with Gasteiger partial charge in [0.05, 0.1) is 7.11 Å². The summed E-state index contributed by atoms with van der Waals surface area (Å²) < 4.78 is 5.22. The molecule has 1 saturated heterocycles. The largest absolute Gasteiger partial charge is 0.497 e. The molecule has 2 amide bonds. The van der Waals surface area contributed by atoms with Crippen molar-refractivity contribution >= 4 is 11.8 Å². The maximum absolute atomic E-state index is 13.2. The Hall–Kier alpha value is -2.82. The predicted molar refractivity (Wildman–Crippen MR) is 107 cm³/mol. The van der Waals surface area contributed by atoms with E-state index in [9.17, 15) is 9.59 Å². The van der Waals surface area contributed by atoms with E-state index < -0.39 is 0 Å². The van der Waals surface area contributed by atoms with Gasteiger partial charge in [-0.2, -0.15) is 0 Å². The van der Waals surface area contributed by atoms with Gasteiger partial charge in [-0.3, -0.25) is 9.59 Å². The molecule has 1 saturated carbocycles. The Morgan fingerprint density at radius 1 is 1.14 bits per heavy atom. The first-order chi connectivity index (χ1) is 13.6. The van der Waals surface area contributed by atoms with Crippen molar-refractivity contribution in [1.82, 2.24) is 9.80 Å². The zero-order chi connectivity index (χ0) is 19.5. The summed E-state index contributed by atoms with van der Waals surface area (Å²) in [7, 11) is 1.65. The standard InChI is InChI=1S/C23H26N2O3/c1-28-21-11-7-17(8-12-21)16-25(20-9-10-20)23(27)19-5-2-4-18(14-19)15-24-13-3-6-22(24)26/h2,4-5,7-8,11-12,14,20H,3,6,9-10,13,15-16H2,1H3. The lowest BCUT2D eigenvalue weighted by Gasteiger charge is -2.23. The van der Waals surface area contributed by atoms with Crippen molar-refractivity contribution in [2.24, 2.45) is 0 Å². The molecule has 0 unspecified atom stereocenters. The van der Waals surface area contributed by atoms with Crippen LogP contribution in [0.2, 0.25) is 0 Å². The number of hydrogen-bond donors (Lipinski definition) is 0. The van der Waals surface area contributed by atoms with E-state index in [-0.39, 0.29) is 11.8 Å². The maximum atomic E-state index is 13.2. The van der Waals surface area contributed by atoms with E-state index in [2.05, 4.69) is 0 Å². The Balaban J connectivity index is 1.49. The second-order valence-electron chi connectivity index (χ2n) is 7.63. The molecule has 28 heavy (non-hydrogen) atoms. The highest BCUT2D eigenvalue weighted by Crippen LogP contribution is 2.30. The van der Waals surface area contributed by atoms with Gasteiger partial charge in [0.15, 0.2) is 0 Å². The second kappa shape index (κ2) is 8.05. The van der Waals surface area contributed by atoms with Crippen molar-refractivity contribution < 1.29 is 14.3 Å². The van der Waals surface area contributed by atoms with Gasteiger partial charge in [0.2, 0.25) is 5.91 Å². The highest BCUT2D eigenvalue weighted by molar-refractivity contribution is 5.94. The molecule has 2 aromatic rings. The van der Waals surface area contributed by atoms with Crippen molar-refractivity contribution in [3.05, 3.63) is 65.2 Å². The van der Waals surface area contributed by atoms with Crippen LogP contribution in [0.1, 0.15) is 47.2 Å². The molecular formula is C23H26N2O3. The highest BCUT2D eigenvalue weighted by Gasteiger charge is 2.33. The monoisotopic (exact) mass is 378 g/mol. The van der Waals surface area contributed by atoms with Crippen LogP contribution in [0.25, 0.3) is 0 Å². The minimum Gasteiger partial charge on any atom is -0.497 e. The number of methoxy groups -OCH3 is 1. The van der Waals surface area contributed by atoms with E-state index in [0.29, 0.717) is 31.1 Å². The molecule has 5 nitrogen and oxygen atoms in total. The lowest BCUT2D eigenvalue weighted by atomic mass is 10.1. The van der Waals surface area contributed by atoms with Crippen LogP contribution in [-0.4, -0.2) is 41.3 Å². The number of likely N-dealkylation sites (tertiary alicyclic amines) is 1. The van der Waals surface area contributed by atoms with Crippen molar-refractivity contribution in [3.63, 3.8) is 0 Å². The van der Waals surface area contributed by atoms with Crippen LogP contribution >= 0.6 is 0 Å². The Bertz CT molecular complexity index is 858. The number of hydrogen-bond acceptors (Lipinski definition) is 3. The van der Waals surface area contributed by atoms with Crippen LogP contribution in [0.5, 0.6) is 5.75 Å². The van der Waals surface area contributed by atoms with Gasteiger partial charge < -0.3 is 14.5 Å². The summed E-state index contributed by atoms with van der Waals surface area (Å²) in [5.74, 6) is 1.08. The summed E-state index contributed by atoms with van der Waals surface area (Å²) in [5, 5.41) is 0. The molecule has 0 aromatic heterocycles. The number of carbonyl (C=O) groups excluding carboxylic acids is 2. The van der Waals surface area contributed by atoms with Crippen LogP contribution < -0.4 is 4.74 Å². The third kappa shape index (κ3) is 4.19. The summed E-state index contributed by atoms with van der Waals surface area (Å²) in [6.45, 7) is 1.99. The molecule has 4 rings (SSSR count). The van der Waals surface area contributed by atoms with Crippen LogP contribution in [0.3, 0.4) is 0 Å². The van der Waals surface area contributed by atoms with E-state index >= 15 is 0 Å². The van der Waals surface area contributed by atoms with E-state index in [1.807, 2.05) is 58.3 Å². The molecule has 0 bridgehead atoms. The smallest absolute Gasteiger partial charge is 0.254 e. The summed E-state index contributed by atoms with van der Waals surface area (Å²) in [6.07, 6.45) is 3.68. The van der Waals surface area contributed by atoms with E-state index in [1.165, 1.54) is 0 Å². The lowest BCUT2D eigenvalue weighted by Crippen LogP contribution is -2.32. The number of rotatable bonds is 7. The van der Waals surface area contributed by atoms with Crippen molar-refractivity contribution in [3.8, 4) is 5.75 Å². The van der Waals surface area contributed by atoms with Gasteiger partial charge in [-0.1, -0.05) is 24.3 Å². The van der Waals surface area contributed by atoms with Gasteiger partial charge in [0, 0.05) is 37.7 Å². The molecule has 2 aromatic carbocycles. The summed E-state index contributed by atoms with van der Waals surface area (Å²) in [4.78, 5) is 29.0. The molecule has 1 aliphatic carbocycles. The average molecular weight is 378 g/mol. The Morgan fingerprint density at radius 3 is 2.57 bits per heavy atom. The van der Waals surface area contributed by atoms with Crippen molar-refractivity contribution in [2.45, 2.75) is 44.8 Å². The topological polar surface area (TPSA) is 49.9 Å². The van der Waals surface area contributed by atoms with E-state index in [0.717, 1.165) is 42.7 Å². The van der Waals surface area contributed by atoms with Gasteiger partial charge in [-0.05, 0) is 54.7 Å². The third-order valence-electron chi connectivity index (χ3n) is 5.48. The fraction of sp³-hybridized carbons (Fsp3) is 0.391. The minimum absolute atomic E-state index is 0.0629. The summed E-state index contributed by atoms with van der Waals surface area (Å²) in [6, 6.07) is 15.9. The first-order valence-electron chi connectivity index (χ1n) is 9.94. The molecular weight excluding hydrogens is 352 g/mol. The van der Waals surface area contributed by atoms with Gasteiger partial charge in [-0.15, -0.1) is 0 Å². The molecule has 0 N–H and O–H groups in total. The van der Waals surface area contributed by atoms with E-state index in [4.69, 9.17) is 4.74 Å².